The predicted octanol–water partition coefficient (Wildman–Crippen LogP) is 1.30. The number of piperidine rings is 1. The number of rotatable bonds is 4. The first-order valence-corrected chi connectivity index (χ1v) is 7.34. The molecule has 0 bridgehead atoms. The quantitative estimate of drug-likeness (QED) is 0.872. The Balaban J connectivity index is 2.34. The molecule has 0 radical (unpaired) electrons. The van der Waals surface area contributed by atoms with E-state index in [0.717, 1.165) is 19.5 Å². The van der Waals surface area contributed by atoms with Crippen LogP contribution in [-0.2, 0) is 19.7 Å². The number of nitrogens with zero attached hydrogens (tertiary/aromatic N) is 2. The molecular weight excluding hydrogens is 256 g/mol. The molecule has 20 heavy (non-hydrogen) atoms. The molecule has 2 rings (SSSR count). The molecular formula is C15H24N2O3. The third-order valence-electron chi connectivity index (χ3n) is 4.07. The molecule has 1 atom stereocenters. The van der Waals surface area contributed by atoms with Crippen molar-refractivity contribution in [1.29, 1.82) is 0 Å². The summed E-state index contributed by atoms with van der Waals surface area (Å²) in [5, 5.41) is 19.5. The Hall–Kier alpha value is -1.33. The van der Waals surface area contributed by atoms with Crippen LogP contribution in [0.5, 0.6) is 5.75 Å². The maximum absolute atomic E-state index is 11.8. The van der Waals surface area contributed by atoms with Gasteiger partial charge in [0.15, 0.2) is 5.75 Å². The van der Waals surface area contributed by atoms with Crippen molar-refractivity contribution < 1.29 is 10.2 Å². The van der Waals surface area contributed by atoms with E-state index < -0.39 is 5.43 Å². The van der Waals surface area contributed by atoms with Crippen LogP contribution < -0.4 is 5.43 Å². The molecule has 1 fully saturated rings. The minimum atomic E-state index is -0.404. The van der Waals surface area contributed by atoms with Crippen LogP contribution >= 0.6 is 0 Å². The summed E-state index contributed by atoms with van der Waals surface area (Å²) in [7, 11) is 0. The molecule has 1 unspecified atom stereocenters. The summed E-state index contributed by atoms with van der Waals surface area (Å²) in [4.78, 5) is 14.1. The van der Waals surface area contributed by atoms with E-state index in [1.54, 1.807) is 0 Å². The largest absolute Gasteiger partial charge is 0.503 e. The van der Waals surface area contributed by atoms with Crippen LogP contribution in [0.15, 0.2) is 10.9 Å². The number of likely N-dealkylation sites (tertiary alicyclic amines) is 1. The summed E-state index contributed by atoms with van der Waals surface area (Å²) in [6, 6.07) is 1.32. The summed E-state index contributed by atoms with van der Waals surface area (Å²) in [5.41, 5.74) is 0.785. The maximum Gasteiger partial charge on any atom is 0.223 e. The number of aliphatic hydroxyl groups is 1. The molecule has 2 N–H and O–H groups in total. The van der Waals surface area contributed by atoms with E-state index in [0.29, 0.717) is 30.4 Å². The van der Waals surface area contributed by atoms with Gasteiger partial charge >= 0.3 is 0 Å². The highest BCUT2D eigenvalue weighted by Crippen LogP contribution is 2.22. The number of hydrogen-bond acceptors (Lipinski definition) is 4. The average molecular weight is 280 g/mol. The van der Waals surface area contributed by atoms with E-state index in [1.165, 1.54) is 12.5 Å². The zero-order chi connectivity index (χ0) is 14.7. The topological polar surface area (TPSA) is 65.7 Å². The van der Waals surface area contributed by atoms with Gasteiger partial charge in [0.25, 0.3) is 0 Å². The first-order valence-electron chi connectivity index (χ1n) is 7.34. The fraction of sp³-hybridized carbons (Fsp3) is 0.667. The first kappa shape index (κ1) is 15.1. The van der Waals surface area contributed by atoms with Gasteiger partial charge < -0.3 is 14.8 Å². The Kier molecular flexibility index (Phi) is 4.83. The predicted molar refractivity (Wildman–Crippen MR) is 77.6 cm³/mol. The molecule has 5 nitrogen and oxygen atoms in total. The molecule has 1 aliphatic rings. The molecule has 0 aromatic carbocycles. The first-order chi connectivity index (χ1) is 9.56. The number of pyridine rings is 1. The molecule has 112 valence electrons. The maximum atomic E-state index is 11.8. The van der Waals surface area contributed by atoms with Gasteiger partial charge in [-0.3, -0.25) is 9.69 Å². The highest BCUT2D eigenvalue weighted by Gasteiger charge is 2.20. The zero-order valence-electron chi connectivity index (χ0n) is 12.3. The Morgan fingerprint density at radius 1 is 1.45 bits per heavy atom. The minimum absolute atomic E-state index is 0.178. The van der Waals surface area contributed by atoms with E-state index in [9.17, 15) is 15.0 Å². The lowest BCUT2D eigenvalue weighted by Crippen LogP contribution is -2.35. The fourth-order valence-corrected chi connectivity index (χ4v) is 3.07. The average Bonchev–Trinajstić information content (AvgIpc) is 2.43. The van der Waals surface area contributed by atoms with Gasteiger partial charge in [0.2, 0.25) is 5.43 Å². The van der Waals surface area contributed by atoms with Gasteiger partial charge in [-0.2, -0.15) is 0 Å². The van der Waals surface area contributed by atoms with E-state index in [2.05, 4.69) is 11.8 Å². The van der Waals surface area contributed by atoms with Crippen LogP contribution in [0, 0.1) is 5.92 Å². The van der Waals surface area contributed by atoms with Crippen molar-refractivity contribution in [2.75, 3.05) is 13.1 Å². The molecule has 0 aliphatic carbocycles. The SMILES string of the molecule is CCn1c(CO)cc(=O)c(O)c1CN1CCCC(C)C1. The van der Waals surface area contributed by atoms with Crippen LogP contribution in [0.4, 0.5) is 0 Å². The van der Waals surface area contributed by atoms with Gasteiger partial charge in [-0.25, -0.2) is 0 Å². The highest BCUT2D eigenvalue weighted by atomic mass is 16.3. The van der Waals surface area contributed by atoms with Crippen molar-refractivity contribution in [3.8, 4) is 5.75 Å². The van der Waals surface area contributed by atoms with Crippen molar-refractivity contribution in [3.05, 3.63) is 27.7 Å². The Bertz CT molecular complexity index is 525. The zero-order valence-corrected chi connectivity index (χ0v) is 12.3. The summed E-state index contributed by atoms with van der Waals surface area (Å²) in [5.74, 6) is 0.469. The molecule has 0 spiro atoms. The van der Waals surface area contributed by atoms with Crippen LogP contribution in [0.1, 0.15) is 38.1 Å². The number of aliphatic hydroxyl groups excluding tert-OH is 1. The standard InChI is InChI=1S/C15H24N2O3/c1-3-17-12(10-18)7-14(19)15(20)13(17)9-16-6-4-5-11(2)8-16/h7,11,18,20H,3-6,8-10H2,1-2H3. The minimum Gasteiger partial charge on any atom is -0.503 e. The molecule has 1 aromatic rings. The molecule has 0 saturated carbocycles. The van der Waals surface area contributed by atoms with E-state index in [-0.39, 0.29) is 12.4 Å². The highest BCUT2D eigenvalue weighted by molar-refractivity contribution is 5.30. The van der Waals surface area contributed by atoms with Crippen molar-refractivity contribution in [2.24, 2.45) is 5.92 Å². The van der Waals surface area contributed by atoms with E-state index >= 15 is 0 Å². The molecule has 2 heterocycles. The lowest BCUT2D eigenvalue weighted by atomic mass is 10.00. The molecule has 1 aromatic heterocycles. The lowest BCUT2D eigenvalue weighted by molar-refractivity contribution is 0.169. The van der Waals surface area contributed by atoms with Crippen LogP contribution in [0.3, 0.4) is 0 Å². The van der Waals surface area contributed by atoms with Gasteiger partial charge in [0, 0.05) is 31.4 Å². The lowest BCUT2D eigenvalue weighted by Gasteiger charge is -2.32. The number of aromatic hydroxyl groups is 1. The van der Waals surface area contributed by atoms with E-state index in [1.807, 2.05) is 11.5 Å². The van der Waals surface area contributed by atoms with Gasteiger partial charge in [0.05, 0.1) is 12.3 Å². The van der Waals surface area contributed by atoms with Crippen molar-refractivity contribution in [2.45, 2.75) is 46.4 Å². The third kappa shape index (κ3) is 3.04. The third-order valence-corrected chi connectivity index (χ3v) is 4.07. The van der Waals surface area contributed by atoms with Gasteiger partial charge in [-0.05, 0) is 32.2 Å². The van der Waals surface area contributed by atoms with Gasteiger partial charge in [-0.15, -0.1) is 0 Å². The molecule has 1 saturated heterocycles. The Morgan fingerprint density at radius 2 is 2.20 bits per heavy atom. The summed E-state index contributed by atoms with van der Waals surface area (Å²) < 4.78 is 1.84. The second-order valence-electron chi connectivity index (χ2n) is 5.68. The normalized spacial score (nSPS) is 20.2. The number of hydrogen-bond donors (Lipinski definition) is 2. The van der Waals surface area contributed by atoms with Crippen LogP contribution in [-0.4, -0.2) is 32.8 Å². The fourth-order valence-electron chi connectivity index (χ4n) is 3.07. The van der Waals surface area contributed by atoms with Crippen LogP contribution in [0.25, 0.3) is 0 Å². The van der Waals surface area contributed by atoms with Gasteiger partial charge in [0.1, 0.15) is 0 Å². The van der Waals surface area contributed by atoms with Gasteiger partial charge in [-0.1, -0.05) is 6.92 Å². The summed E-state index contributed by atoms with van der Waals surface area (Å²) in [6.45, 7) is 7.16. The Labute approximate surface area is 119 Å². The van der Waals surface area contributed by atoms with Crippen molar-refractivity contribution in [3.63, 3.8) is 0 Å². The van der Waals surface area contributed by atoms with Crippen LogP contribution in [0.2, 0.25) is 0 Å². The van der Waals surface area contributed by atoms with Crippen molar-refractivity contribution >= 4 is 0 Å². The summed E-state index contributed by atoms with van der Waals surface area (Å²) >= 11 is 0. The second kappa shape index (κ2) is 6.41. The smallest absolute Gasteiger partial charge is 0.223 e. The number of aromatic nitrogens is 1. The monoisotopic (exact) mass is 280 g/mol. The summed E-state index contributed by atoms with van der Waals surface area (Å²) in [6.07, 6.45) is 2.39. The van der Waals surface area contributed by atoms with E-state index in [4.69, 9.17) is 0 Å². The van der Waals surface area contributed by atoms with Crippen molar-refractivity contribution in [1.82, 2.24) is 9.47 Å². The second-order valence-corrected chi connectivity index (χ2v) is 5.68. The molecule has 0 amide bonds. The molecule has 1 aliphatic heterocycles. The Morgan fingerprint density at radius 3 is 2.80 bits per heavy atom. The molecule has 5 heteroatoms.